The van der Waals surface area contributed by atoms with Crippen molar-refractivity contribution in [3.8, 4) is 0 Å². The number of likely N-dealkylation sites (N-methyl/N-ethyl adjacent to an activating group) is 1. The Morgan fingerprint density at radius 3 is 2.95 bits per heavy atom. The van der Waals surface area contributed by atoms with E-state index in [1.807, 2.05) is 11.9 Å². The Hall–Kier alpha value is -1.40. The Morgan fingerprint density at radius 1 is 1.52 bits per heavy atom. The quantitative estimate of drug-likeness (QED) is 0.808. The van der Waals surface area contributed by atoms with Crippen LogP contribution < -0.4 is 10.5 Å². The summed E-state index contributed by atoms with van der Waals surface area (Å²) >= 11 is 0. The summed E-state index contributed by atoms with van der Waals surface area (Å²) < 4.78 is 6.51. The van der Waals surface area contributed by atoms with E-state index in [0.29, 0.717) is 19.1 Å². The molecule has 1 saturated carbocycles. The number of aromatic nitrogens is 2. The molecule has 6 heteroatoms. The van der Waals surface area contributed by atoms with Crippen molar-refractivity contribution in [2.24, 2.45) is 5.92 Å². The van der Waals surface area contributed by atoms with E-state index in [4.69, 9.17) is 4.74 Å². The highest BCUT2D eigenvalue weighted by molar-refractivity contribution is 5.41. The first-order chi connectivity index (χ1) is 10.1. The number of aryl methyl sites for hydroxylation is 1. The number of nitrogens with zero attached hydrogens (tertiary/aromatic N) is 3. The molecule has 0 bridgehead atoms. The number of aliphatic hydroxyl groups excluding tert-OH is 1. The van der Waals surface area contributed by atoms with Crippen molar-refractivity contribution in [3.63, 3.8) is 0 Å². The third-order valence-corrected chi connectivity index (χ3v) is 4.26. The molecule has 1 aliphatic rings. The van der Waals surface area contributed by atoms with Gasteiger partial charge in [-0.3, -0.25) is 4.79 Å². The Labute approximate surface area is 125 Å². The molecule has 0 radical (unpaired) electrons. The minimum absolute atomic E-state index is 0.0933. The van der Waals surface area contributed by atoms with Gasteiger partial charge in [-0.05, 0) is 25.2 Å². The van der Waals surface area contributed by atoms with Gasteiger partial charge in [0.2, 0.25) is 0 Å². The first kappa shape index (κ1) is 16.0. The second-order valence-electron chi connectivity index (χ2n) is 5.74. The normalized spacial score (nSPS) is 21.7. The summed E-state index contributed by atoms with van der Waals surface area (Å²) in [5.74, 6) is 0.308. The molecule has 0 aliphatic heterocycles. The summed E-state index contributed by atoms with van der Waals surface area (Å²) in [5, 5.41) is 14.0. The lowest BCUT2D eigenvalue weighted by Gasteiger charge is -2.19. The molecule has 0 amide bonds. The third-order valence-electron chi connectivity index (χ3n) is 4.26. The molecule has 1 aromatic rings. The lowest BCUT2D eigenvalue weighted by Crippen LogP contribution is -2.28. The zero-order chi connectivity index (χ0) is 15.2. The SMILES string of the molecule is COCCN(C)c1cnn(CCC2CCCC2O)c(=O)c1. The van der Waals surface area contributed by atoms with Crippen molar-refractivity contribution in [1.82, 2.24) is 9.78 Å². The fourth-order valence-corrected chi connectivity index (χ4v) is 2.80. The van der Waals surface area contributed by atoms with Crippen LogP contribution in [0.2, 0.25) is 0 Å². The van der Waals surface area contributed by atoms with E-state index in [-0.39, 0.29) is 11.7 Å². The molecule has 1 aliphatic carbocycles. The molecule has 1 heterocycles. The van der Waals surface area contributed by atoms with E-state index < -0.39 is 0 Å². The van der Waals surface area contributed by atoms with Gasteiger partial charge in [0.15, 0.2) is 0 Å². The molecule has 1 N–H and O–H groups in total. The summed E-state index contributed by atoms with van der Waals surface area (Å²) in [4.78, 5) is 14.0. The predicted molar refractivity (Wildman–Crippen MR) is 81.6 cm³/mol. The molecule has 118 valence electrons. The molecular weight excluding hydrogens is 270 g/mol. The van der Waals surface area contributed by atoms with E-state index in [0.717, 1.165) is 37.9 Å². The smallest absolute Gasteiger partial charge is 0.268 e. The first-order valence-corrected chi connectivity index (χ1v) is 7.57. The van der Waals surface area contributed by atoms with Crippen molar-refractivity contribution in [2.75, 3.05) is 32.2 Å². The van der Waals surface area contributed by atoms with Gasteiger partial charge in [0.05, 0.1) is 24.6 Å². The van der Waals surface area contributed by atoms with Crippen molar-refractivity contribution in [1.29, 1.82) is 0 Å². The lowest BCUT2D eigenvalue weighted by atomic mass is 10.0. The highest BCUT2D eigenvalue weighted by atomic mass is 16.5. The Kier molecular flexibility index (Phi) is 5.76. The van der Waals surface area contributed by atoms with Crippen LogP contribution in [0.25, 0.3) is 0 Å². The van der Waals surface area contributed by atoms with Gasteiger partial charge < -0.3 is 14.7 Å². The number of aliphatic hydroxyl groups is 1. The topological polar surface area (TPSA) is 67.6 Å². The van der Waals surface area contributed by atoms with Crippen LogP contribution in [0.5, 0.6) is 0 Å². The number of rotatable bonds is 7. The molecule has 2 unspecified atom stereocenters. The van der Waals surface area contributed by atoms with Crippen LogP contribution >= 0.6 is 0 Å². The molecular formula is C15H25N3O3. The van der Waals surface area contributed by atoms with Gasteiger partial charge in [0, 0.05) is 33.3 Å². The largest absolute Gasteiger partial charge is 0.393 e. The minimum atomic E-state index is -0.208. The fourth-order valence-electron chi connectivity index (χ4n) is 2.80. The first-order valence-electron chi connectivity index (χ1n) is 7.57. The Bertz CT molecular complexity index is 503. The van der Waals surface area contributed by atoms with Gasteiger partial charge >= 0.3 is 0 Å². The van der Waals surface area contributed by atoms with E-state index in [1.165, 1.54) is 4.68 Å². The molecule has 0 saturated heterocycles. The second-order valence-corrected chi connectivity index (χ2v) is 5.74. The van der Waals surface area contributed by atoms with Crippen molar-refractivity contribution < 1.29 is 9.84 Å². The van der Waals surface area contributed by atoms with Crippen LogP contribution in [0.1, 0.15) is 25.7 Å². The monoisotopic (exact) mass is 295 g/mol. The molecule has 1 aromatic heterocycles. The summed E-state index contributed by atoms with van der Waals surface area (Å²) in [6.45, 7) is 1.90. The molecule has 1 fully saturated rings. The Morgan fingerprint density at radius 2 is 2.33 bits per heavy atom. The fraction of sp³-hybridized carbons (Fsp3) is 0.733. The average Bonchev–Trinajstić information content (AvgIpc) is 2.88. The van der Waals surface area contributed by atoms with Gasteiger partial charge in [-0.15, -0.1) is 0 Å². The zero-order valence-electron chi connectivity index (χ0n) is 12.9. The molecule has 2 atom stereocenters. The van der Waals surface area contributed by atoms with Crippen molar-refractivity contribution >= 4 is 5.69 Å². The second kappa shape index (κ2) is 7.56. The number of anilines is 1. The summed E-state index contributed by atoms with van der Waals surface area (Å²) in [7, 11) is 3.57. The highest BCUT2D eigenvalue weighted by Gasteiger charge is 2.24. The molecule has 0 aromatic carbocycles. The minimum Gasteiger partial charge on any atom is -0.393 e. The van der Waals surface area contributed by atoms with Crippen LogP contribution in [0, 0.1) is 5.92 Å². The van der Waals surface area contributed by atoms with Crippen LogP contribution in [0.3, 0.4) is 0 Å². The van der Waals surface area contributed by atoms with Gasteiger partial charge in [0.25, 0.3) is 5.56 Å². The van der Waals surface area contributed by atoms with Gasteiger partial charge in [-0.2, -0.15) is 5.10 Å². The Balaban J connectivity index is 1.94. The predicted octanol–water partition coefficient (Wildman–Crippen LogP) is 0.877. The molecule has 0 spiro atoms. The summed E-state index contributed by atoms with van der Waals surface area (Å²) in [5.41, 5.74) is 0.707. The van der Waals surface area contributed by atoms with Crippen LogP contribution in [-0.4, -0.2) is 48.3 Å². The average molecular weight is 295 g/mol. The van der Waals surface area contributed by atoms with E-state index in [2.05, 4.69) is 5.10 Å². The molecule has 21 heavy (non-hydrogen) atoms. The maximum absolute atomic E-state index is 12.1. The van der Waals surface area contributed by atoms with Gasteiger partial charge in [-0.25, -0.2) is 4.68 Å². The van der Waals surface area contributed by atoms with E-state index in [9.17, 15) is 9.90 Å². The van der Waals surface area contributed by atoms with Gasteiger partial charge in [0.1, 0.15) is 0 Å². The third kappa shape index (κ3) is 4.28. The number of hydrogen-bond acceptors (Lipinski definition) is 5. The van der Waals surface area contributed by atoms with Crippen LogP contribution in [-0.2, 0) is 11.3 Å². The maximum Gasteiger partial charge on any atom is 0.268 e. The van der Waals surface area contributed by atoms with Crippen molar-refractivity contribution in [3.05, 3.63) is 22.6 Å². The number of methoxy groups -OCH3 is 1. The summed E-state index contributed by atoms with van der Waals surface area (Å²) in [6, 6.07) is 1.60. The van der Waals surface area contributed by atoms with Gasteiger partial charge in [-0.1, -0.05) is 6.42 Å². The van der Waals surface area contributed by atoms with E-state index in [1.54, 1.807) is 19.4 Å². The van der Waals surface area contributed by atoms with Crippen LogP contribution in [0.15, 0.2) is 17.1 Å². The number of ether oxygens (including phenoxy) is 1. The lowest BCUT2D eigenvalue weighted by molar-refractivity contribution is 0.124. The standard InChI is InChI=1S/C15H25N3O3/c1-17(8-9-21-2)13-10-15(20)18(16-11-13)7-6-12-4-3-5-14(12)19/h10-12,14,19H,3-9H2,1-2H3. The number of hydrogen-bond donors (Lipinski definition) is 1. The highest BCUT2D eigenvalue weighted by Crippen LogP contribution is 2.28. The zero-order valence-corrected chi connectivity index (χ0v) is 12.9. The van der Waals surface area contributed by atoms with Crippen molar-refractivity contribution in [2.45, 2.75) is 38.3 Å². The molecule has 2 rings (SSSR count). The maximum atomic E-state index is 12.1. The molecule has 6 nitrogen and oxygen atoms in total. The summed E-state index contributed by atoms with van der Waals surface area (Å²) in [6.07, 6.45) is 5.33. The van der Waals surface area contributed by atoms with E-state index >= 15 is 0 Å². The van der Waals surface area contributed by atoms with Crippen LogP contribution in [0.4, 0.5) is 5.69 Å².